The van der Waals surface area contributed by atoms with E-state index in [9.17, 15) is 20.1 Å². The molecule has 0 aromatic heterocycles. The highest BCUT2D eigenvalue weighted by atomic mass is 16.3. The Bertz CT molecular complexity index is 621. The molecule has 0 spiro atoms. The van der Waals surface area contributed by atoms with Crippen molar-refractivity contribution in [3.8, 4) is 0 Å². The van der Waals surface area contributed by atoms with E-state index in [0.29, 0.717) is 12.0 Å². The van der Waals surface area contributed by atoms with Gasteiger partial charge in [0, 0.05) is 5.56 Å². The number of carbonyl (C=O) groups is 1. The Balaban J connectivity index is 2.27. The van der Waals surface area contributed by atoms with Gasteiger partial charge in [0.15, 0.2) is 0 Å². The van der Waals surface area contributed by atoms with E-state index < -0.39 is 18.2 Å². The van der Waals surface area contributed by atoms with Crippen LogP contribution in [0.25, 0.3) is 0 Å². The largest absolute Gasteiger partial charge is 0.394 e. The molecule has 4 unspecified atom stereocenters. The van der Waals surface area contributed by atoms with Gasteiger partial charge in [-0.05, 0) is 37.3 Å². The number of rotatable bonds is 18. The molecule has 1 aromatic carbocycles. The number of aryl methyl sites for hydroxylation is 1. The number of hydrogen-bond acceptors (Lipinski definition) is 4. The fourth-order valence-corrected chi connectivity index (χ4v) is 4.17. The summed E-state index contributed by atoms with van der Waals surface area (Å²) in [6.45, 7) is 5.67. The van der Waals surface area contributed by atoms with Crippen molar-refractivity contribution in [2.24, 2.45) is 5.92 Å². The Morgan fingerprint density at radius 1 is 0.906 bits per heavy atom. The second kappa shape index (κ2) is 17.1. The predicted molar refractivity (Wildman–Crippen MR) is 132 cm³/mol. The molecule has 184 valence electrons. The van der Waals surface area contributed by atoms with Crippen molar-refractivity contribution in [2.75, 3.05) is 6.61 Å². The lowest BCUT2D eigenvalue weighted by atomic mass is 9.91. The maximum Gasteiger partial charge on any atom is 0.251 e. The van der Waals surface area contributed by atoms with Crippen LogP contribution in [0.15, 0.2) is 24.3 Å². The van der Waals surface area contributed by atoms with E-state index in [1.165, 1.54) is 51.4 Å². The number of carbonyl (C=O) groups excluding carboxylic acids is 1. The molecule has 4 N–H and O–H groups in total. The summed E-state index contributed by atoms with van der Waals surface area (Å²) in [6, 6.07) is 6.48. The first-order valence-corrected chi connectivity index (χ1v) is 12.7. The minimum Gasteiger partial charge on any atom is -0.394 e. The minimum absolute atomic E-state index is 0.104. The predicted octanol–water partition coefficient (Wildman–Crippen LogP) is 5.14. The zero-order valence-electron chi connectivity index (χ0n) is 20.6. The van der Waals surface area contributed by atoms with Gasteiger partial charge in [-0.2, -0.15) is 0 Å². The third-order valence-electron chi connectivity index (χ3n) is 6.49. The lowest BCUT2D eigenvalue weighted by Gasteiger charge is -2.27. The van der Waals surface area contributed by atoms with Gasteiger partial charge in [0.2, 0.25) is 0 Å². The van der Waals surface area contributed by atoms with Gasteiger partial charge in [-0.25, -0.2) is 0 Å². The molecule has 1 rings (SSSR count). The minimum atomic E-state index is -0.912. The lowest BCUT2D eigenvalue weighted by Crippen LogP contribution is -2.47. The average molecular weight is 450 g/mol. The second-order valence-corrected chi connectivity index (χ2v) is 9.40. The lowest BCUT2D eigenvalue weighted by molar-refractivity contribution is 0.0326. The Kier molecular flexibility index (Phi) is 15.3. The topological polar surface area (TPSA) is 89.8 Å². The van der Waals surface area contributed by atoms with Gasteiger partial charge in [-0.3, -0.25) is 4.79 Å². The van der Waals surface area contributed by atoms with Gasteiger partial charge < -0.3 is 20.6 Å². The molecule has 1 amide bonds. The highest BCUT2D eigenvalue weighted by molar-refractivity contribution is 5.95. The van der Waals surface area contributed by atoms with Crippen molar-refractivity contribution >= 4 is 5.91 Å². The van der Waals surface area contributed by atoms with Crippen molar-refractivity contribution < 1.29 is 20.1 Å². The van der Waals surface area contributed by atoms with Gasteiger partial charge in [0.25, 0.3) is 5.91 Å². The SMILES string of the molecule is CCCCCCCCCCCCC(O)C(C)CC(O)C(CO)NC(=O)c1ccccc1C. The molecule has 0 heterocycles. The van der Waals surface area contributed by atoms with Crippen LogP contribution in [0.2, 0.25) is 0 Å². The highest BCUT2D eigenvalue weighted by Gasteiger charge is 2.26. The van der Waals surface area contributed by atoms with Crippen molar-refractivity contribution in [3.63, 3.8) is 0 Å². The van der Waals surface area contributed by atoms with Gasteiger partial charge in [-0.15, -0.1) is 0 Å². The van der Waals surface area contributed by atoms with Crippen molar-refractivity contribution in [3.05, 3.63) is 35.4 Å². The highest BCUT2D eigenvalue weighted by Crippen LogP contribution is 2.19. The monoisotopic (exact) mass is 449 g/mol. The second-order valence-electron chi connectivity index (χ2n) is 9.40. The zero-order chi connectivity index (χ0) is 23.8. The number of benzene rings is 1. The summed E-state index contributed by atoms with van der Waals surface area (Å²) in [6.07, 6.45) is 12.3. The Morgan fingerprint density at radius 3 is 2.03 bits per heavy atom. The number of aliphatic hydroxyl groups is 3. The van der Waals surface area contributed by atoms with E-state index in [2.05, 4.69) is 12.2 Å². The molecule has 0 bridgehead atoms. The molecule has 0 aliphatic heterocycles. The molecule has 5 heteroatoms. The molecule has 0 saturated carbocycles. The molecular weight excluding hydrogens is 402 g/mol. The summed E-state index contributed by atoms with van der Waals surface area (Å²) in [5, 5.41) is 33.4. The number of amides is 1. The summed E-state index contributed by atoms with van der Waals surface area (Å²) in [7, 11) is 0. The zero-order valence-corrected chi connectivity index (χ0v) is 20.6. The first-order valence-electron chi connectivity index (χ1n) is 12.7. The third kappa shape index (κ3) is 11.4. The molecular formula is C27H47NO4. The van der Waals surface area contributed by atoms with E-state index in [1.54, 1.807) is 12.1 Å². The van der Waals surface area contributed by atoms with Crippen LogP contribution in [0.1, 0.15) is 107 Å². The Labute approximate surface area is 195 Å². The molecule has 32 heavy (non-hydrogen) atoms. The maximum atomic E-state index is 12.5. The first-order chi connectivity index (χ1) is 15.4. The molecule has 1 aromatic rings. The van der Waals surface area contributed by atoms with E-state index >= 15 is 0 Å². The van der Waals surface area contributed by atoms with Crippen LogP contribution in [0.5, 0.6) is 0 Å². The van der Waals surface area contributed by atoms with Crippen molar-refractivity contribution in [1.82, 2.24) is 5.32 Å². The molecule has 0 saturated heterocycles. The standard InChI is InChI=1S/C27H47NO4/c1-4-5-6-7-8-9-10-11-12-13-18-25(30)22(3)19-26(31)24(20-29)28-27(32)23-17-15-14-16-21(23)2/h14-17,22,24-26,29-31H,4-13,18-20H2,1-3H3,(H,28,32). The van der Waals surface area contributed by atoms with Gasteiger partial charge in [0.05, 0.1) is 24.9 Å². The molecule has 0 aliphatic rings. The Morgan fingerprint density at radius 2 is 1.47 bits per heavy atom. The molecule has 4 atom stereocenters. The summed E-state index contributed by atoms with van der Waals surface area (Å²) >= 11 is 0. The summed E-state index contributed by atoms with van der Waals surface area (Å²) in [5.41, 5.74) is 1.38. The van der Waals surface area contributed by atoms with Crippen LogP contribution in [-0.2, 0) is 0 Å². The molecule has 0 aliphatic carbocycles. The van der Waals surface area contributed by atoms with Gasteiger partial charge in [-0.1, -0.05) is 96.3 Å². The Hall–Kier alpha value is -1.43. The normalized spacial score (nSPS) is 15.2. The van der Waals surface area contributed by atoms with E-state index in [-0.39, 0.29) is 18.4 Å². The summed E-state index contributed by atoms with van der Waals surface area (Å²) < 4.78 is 0. The average Bonchev–Trinajstić information content (AvgIpc) is 2.78. The van der Waals surface area contributed by atoms with Crippen LogP contribution in [0, 0.1) is 12.8 Å². The summed E-state index contributed by atoms with van der Waals surface area (Å²) in [5.74, 6) is -0.409. The quantitative estimate of drug-likeness (QED) is 0.233. The van der Waals surface area contributed by atoms with E-state index in [4.69, 9.17) is 0 Å². The smallest absolute Gasteiger partial charge is 0.251 e. The van der Waals surface area contributed by atoms with Crippen LogP contribution < -0.4 is 5.32 Å². The maximum absolute atomic E-state index is 12.5. The number of unbranched alkanes of at least 4 members (excludes halogenated alkanes) is 9. The fourth-order valence-electron chi connectivity index (χ4n) is 4.17. The van der Waals surface area contributed by atoms with E-state index in [1.807, 2.05) is 26.0 Å². The number of aliphatic hydroxyl groups excluding tert-OH is 3. The van der Waals surface area contributed by atoms with Crippen LogP contribution in [0.4, 0.5) is 0 Å². The van der Waals surface area contributed by atoms with Crippen LogP contribution in [0.3, 0.4) is 0 Å². The first kappa shape index (κ1) is 28.6. The van der Waals surface area contributed by atoms with Gasteiger partial charge in [0.1, 0.15) is 0 Å². The molecule has 0 fully saturated rings. The molecule has 0 radical (unpaired) electrons. The van der Waals surface area contributed by atoms with E-state index in [0.717, 1.165) is 24.8 Å². The van der Waals surface area contributed by atoms with Crippen molar-refractivity contribution in [1.29, 1.82) is 0 Å². The van der Waals surface area contributed by atoms with Gasteiger partial charge >= 0.3 is 0 Å². The van der Waals surface area contributed by atoms with Crippen LogP contribution in [-0.4, -0.2) is 46.1 Å². The van der Waals surface area contributed by atoms with Crippen molar-refractivity contribution in [2.45, 2.75) is 116 Å². The summed E-state index contributed by atoms with van der Waals surface area (Å²) in [4.78, 5) is 12.5. The number of hydrogen-bond donors (Lipinski definition) is 4. The third-order valence-corrected chi connectivity index (χ3v) is 6.49. The number of nitrogens with one attached hydrogen (secondary N) is 1. The fraction of sp³-hybridized carbons (Fsp3) is 0.741. The molecule has 5 nitrogen and oxygen atoms in total. The van der Waals surface area contributed by atoms with Crippen LogP contribution >= 0.6 is 0 Å².